The van der Waals surface area contributed by atoms with E-state index in [1.807, 2.05) is 48.5 Å². The van der Waals surface area contributed by atoms with Gasteiger partial charge in [-0.3, -0.25) is 9.89 Å². The van der Waals surface area contributed by atoms with Gasteiger partial charge in [0, 0.05) is 17.1 Å². The van der Waals surface area contributed by atoms with E-state index in [0.717, 1.165) is 16.5 Å². The van der Waals surface area contributed by atoms with Crippen LogP contribution in [-0.4, -0.2) is 26.1 Å². The van der Waals surface area contributed by atoms with Gasteiger partial charge in [0.25, 0.3) is 5.91 Å². The molecule has 0 spiro atoms. The lowest BCUT2D eigenvalue weighted by atomic mass is 10.2. The average molecular weight is 345 g/mol. The van der Waals surface area contributed by atoms with Crippen LogP contribution in [0.2, 0.25) is 0 Å². The lowest BCUT2D eigenvalue weighted by Gasteiger charge is -2.07. The molecule has 26 heavy (non-hydrogen) atoms. The van der Waals surface area contributed by atoms with Gasteiger partial charge in [-0.2, -0.15) is 5.10 Å². The van der Waals surface area contributed by atoms with Crippen LogP contribution in [0.5, 0.6) is 5.88 Å². The fourth-order valence-electron chi connectivity index (χ4n) is 2.48. The number of amides is 1. The minimum atomic E-state index is -0.337. The second kappa shape index (κ2) is 7.02. The first kappa shape index (κ1) is 15.8. The number of aromatic amines is 1. The number of rotatable bonds is 5. The minimum Gasteiger partial charge on any atom is -0.473 e. The number of anilines is 1. The predicted octanol–water partition coefficient (Wildman–Crippen LogP) is 3.18. The summed E-state index contributed by atoms with van der Waals surface area (Å²) in [4.78, 5) is 20.5. The third-order valence-corrected chi connectivity index (χ3v) is 3.80. The highest BCUT2D eigenvalue weighted by Crippen LogP contribution is 2.17. The second-order valence-electron chi connectivity index (χ2n) is 5.64. The monoisotopic (exact) mass is 345 g/mol. The first-order valence-corrected chi connectivity index (χ1v) is 8.01. The number of H-pyrrole nitrogens is 1. The van der Waals surface area contributed by atoms with Crippen molar-refractivity contribution in [2.24, 2.45) is 0 Å². The van der Waals surface area contributed by atoms with Crippen molar-refractivity contribution in [1.82, 2.24) is 20.2 Å². The molecule has 7 heteroatoms. The molecule has 0 saturated carbocycles. The second-order valence-corrected chi connectivity index (χ2v) is 5.64. The molecule has 0 radical (unpaired) electrons. The van der Waals surface area contributed by atoms with Gasteiger partial charge in [0.15, 0.2) is 0 Å². The summed E-state index contributed by atoms with van der Waals surface area (Å²) >= 11 is 0. The number of benzene rings is 2. The maximum Gasteiger partial charge on any atom is 0.274 e. The van der Waals surface area contributed by atoms with Crippen molar-refractivity contribution in [3.63, 3.8) is 0 Å². The van der Waals surface area contributed by atoms with Crippen LogP contribution in [0.4, 0.5) is 5.69 Å². The molecule has 0 bridgehead atoms. The van der Waals surface area contributed by atoms with Crippen molar-refractivity contribution >= 4 is 22.5 Å². The molecule has 1 amide bonds. The highest BCUT2D eigenvalue weighted by Gasteiger charge is 2.10. The van der Waals surface area contributed by atoms with E-state index < -0.39 is 0 Å². The molecule has 0 fully saturated rings. The van der Waals surface area contributed by atoms with Crippen molar-refractivity contribution in [2.75, 3.05) is 5.32 Å². The van der Waals surface area contributed by atoms with Crippen LogP contribution < -0.4 is 10.1 Å². The summed E-state index contributed by atoms with van der Waals surface area (Å²) in [5, 5.41) is 10.6. The van der Waals surface area contributed by atoms with Crippen LogP contribution >= 0.6 is 0 Å². The van der Waals surface area contributed by atoms with Crippen LogP contribution in [0, 0.1) is 0 Å². The third kappa shape index (κ3) is 3.51. The summed E-state index contributed by atoms with van der Waals surface area (Å²) in [7, 11) is 0. The topological polar surface area (TPSA) is 92.8 Å². The SMILES string of the molecule is O=C(Nc1ccc2cn[nH]c2c1)c1cc(OCc2ccccc2)ncn1. The quantitative estimate of drug-likeness (QED) is 0.579. The Kier molecular flexibility index (Phi) is 4.26. The van der Waals surface area contributed by atoms with Gasteiger partial charge in [0.05, 0.1) is 11.7 Å². The van der Waals surface area contributed by atoms with E-state index in [2.05, 4.69) is 25.5 Å². The number of hydrogen-bond donors (Lipinski definition) is 2. The molecular formula is C19H15N5O2. The van der Waals surface area contributed by atoms with E-state index in [1.54, 1.807) is 6.20 Å². The van der Waals surface area contributed by atoms with Crippen molar-refractivity contribution in [1.29, 1.82) is 0 Å². The van der Waals surface area contributed by atoms with E-state index in [9.17, 15) is 4.79 Å². The van der Waals surface area contributed by atoms with Crippen LogP contribution in [-0.2, 0) is 6.61 Å². The Balaban J connectivity index is 1.45. The summed E-state index contributed by atoms with van der Waals surface area (Å²) < 4.78 is 5.64. The predicted molar refractivity (Wildman–Crippen MR) is 96.9 cm³/mol. The molecule has 0 saturated heterocycles. The first-order chi connectivity index (χ1) is 12.8. The van der Waals surface area contributed by atoms with Gasteiger partial charge in [0.2, 0.25) is 5.88 Å². The third-order valence-electron chi connectivity index (χ3n) is 3.80. The van der Waals surface area contributed by atoms with E-state index in [-0.39, 0.29) is 11.6 Å². The number of nitrogens with one attached hydrogen (secondary N) is 2. The van der Waals surface area contributed by atoms with Crippen LogP contribution in [0.3, 0.4) is 0 Å². The lowest BCUT2D eigenvalue weighted by Crippen LogP contribution is -2.14. The molecule has 2 N–H and O–H groups in total. The normalized spacial score (nSPS) is 10.6. The van der Waals surface area contributed by atoms with Crippen LogP contribution in [0.25, 0.3) is 10.9 Å². The molecule has 7 nitrogen and oxygen atoms in total. The summed E-state index contributed by atoms with van der Waals surface area (Å²) in [6.45, 7) is 0.370. The van der Waals surface area contributed by atoms with Gasteiger partial charge in [-0.05, 0) is 23.8 Å². The van der Waals surface area contributed by atoms with Gasteiger partial charge in [-0.25, -0.2) is 9.97 Å². The lowest BCUT2D eigenvalue weighted by molar-refractivity contribution is 0.102. The number of nitrogens with zero attached hydrogens (tertiary/aromatic N) is 3. The fraction of sp³-hybridized carbons (Fsp3) is 0.0526. The van der Waals surface area contributed by atoms with Crippen LogP contribution in [0.1, 0.15) is 16.1 Å². The smallest absolute Gasteiger partial charge is 0.274 e. The number of carbonyl (C=O) groups excluding carboxylic acids is 1. The molecule has 0 aliphatic heterocycles. The van der Waals surface area contributed by atoms with Crippen molar-refractivity contribution in [2.45, 2.75) is 6.61 Å². The number of ether oxygens (including phenoxy) is 1. The molecule has 0 atom stereocenters. The summed E-state index contributed by atoms with van der Waals surface area (Å²) in [5.41, 5.74) is 2.74. The minimum absolute atomic E-state index is 0.229. The highest BCUT2D eigenvalue weighted by atomic mass is 16.5. The molecule has 0 unspecified atom stereocenters. The van der Waals surface area contributed by atoms with E-state index in [1.165, 1.54) is 12.4 Å². The number of fused-ring (bicyclic) bond motifs is 1. The molecule has 0 aliphatic rings. The van der Waals surface area contributed by atoms with Gasteiger partial charge < -0.3 is 10.1 Å². The molecular weight excluding hydrogens is 330 g/mol. The zero-order valence-electron chi connectivity index (χ0n) is 13.7. The Hall–Kier alpha value is -3.74. The van der Waals surface area contributed by atoms with Gasteiger partial charge >= 0.3 is 0 Å². The van der Waals surface area contributed by atoms with E-state index >= 15 is 0 Å². The Bertz CT molecular complexity index is 1050. The molecule has 4 rings (SSSR count). The molecule has 2 aromatic heterocycles. The number of aromatic nitrogens is 4. The van der Waals surface area contributed by atoms with Crippen LogP contribution in [0.15, 0.2) is 67.1 Å². The number of hydrogen-bond acceptors (Lipinski definition) is 5. The zero-order valence-corrected chi connectivity index (χ0v) is 13.7. The van der Waals surface area contributed by atoms with Gasteiger partial charge in [0.1, 0.15) is 18.6 Å². The summed E-state index contributed by atoms with van der Waals surface area (Å²) in [6, 6.07) is 16.8. The van der Waals surface area contributed by atoms with E-state index in [4.69, 9.17) is 4.74 Å². The highest BCUT2D eigenvalue weighted by molar-refractivity contribution is 6.03. The Morgan fingerprint density at radius 1 is 1.08 bits per heavy atom. The molecule has 2 aromatic carbocycles. The maximum atomic E-state index is 12.4. The van der Waals surface area contributed by atoms with Gasteiger partial charge in [-0.15, -0.1) is 0 Å². The fourth-order valence-corrected chi connectivity index (χ4v) is 2.48. The molecule has 128 valence electrons. The molecule has 2 heterocycles. The Morgan fingerprint density at radius 3 is 2.85 bits per heavy atom. The standard InChI is InChI=1S/C19H15N5O2/c25-19(23-15-7-6-14-10-22-24-16(14)8-15)17-9-18(21-12-20-17)26-11-13-4-2-1-3-5-13/h1-10,12H,11H2,(H,22,24)(H,23,25). The average Bonchev–Trinajstić information content (AvgIpc) is 3.15. The maximum absolute atomic E-state index is 12.4. The van der Waals surface area contributed by atoms with Crippen molar-refractivity contribution in [3.05, 3.63) is 78.4 Å². The Labute approximate surface area is 149 Å². The van der Waals surface area contributed by atoms with Gasteiger partial charge in [-0.1, -0.05) is 30.3 Å². The summed E-state index contributed by atoms with van der Waals surface area (Å²) in [6.07, 6.45) is 3.04. The van der Waals surface area contributed by atoms with Crippen molar-refractivity contribution in [3.8, 4) is 5.88 Å². The molecule has 0 aliphatic carbocycles. The summed E-state index contributed by atoms with van der Waals surface area (Å²) in [5.74, 6) is 0.00819. The Morgan fingerprint density at radius 2 is 1.96 bits per heavy atom. The number of carbonyl (C=O) groups is 1. The van der Waals surface area contributed by atoms with E-state index in [0.29, 0.717) is 18.2 Å². The first-order valence-electron chi connectivity index (χ1n) is 8.01. The van der Waals surface area contributed by atoms with Crippen molar-refractivity contribution < 1.29 is 9.53 Å². The zero-order chi connectivity index (χ0) is 17.8. The largest absolute Gasteiger partial charge is 0.473 e. The molecule has 4 aromatic rings.